The second-order valence-electron chi connectivity index (χ2n) is 5.85. The van der Waals surface area contributed by atoms with Crippen LogP contribution in [0.4, 0.5) is 5.69 Å². The summed E-state index contributed by atoms with van der Waals surface area (Å²) in [6.45, 7) is 0.438. The average molecular weight is 477 g/mol. The van der Waals surface area contributed by atoms with Crippen molar-refractivity contribution in [3.63, 3.8) is 0 Å². The predicted octanol–water partition coefficient (Wildman–Crippen LogP) is 4.85. The van der Waals surface area contributed by atoms with E-state index in [0.29, 0.717) is 17.8 Å². The van der Waals surface area contributed by atoms with E-state index in [2.05, 4.69) is 26.0 Å². The smallest absolute Gasteiger partial charge is 0.255 e. The van der Waals surface area contributed by atoms with Crippen LogP contribution in [0.1, 0.15) is 20.8 Å². The molecule has 144 valence electrons. The van der Waals surface area contributed by atoms with Crippen molar-refractivity contribution < 1.29 is 13.2 Å². The van der Waals surface area contributed by atoms with Crippen LogP contribution in [0.5, 0.6) is 0 Å². The summed E-state index contributed by atoms with van der Waals surface area (Å²) in [4.78, 5) is 13.2. The second kappa shape index (κ2) is 9.18. The molecule has 5 nitrogen and oxygen atoms in total. The average Bonchev–Trinajstić information content (AvgIpc) is 3.11. The van der Waals surface area contributed by atoms with Crippen molar-refractivity contribution in [1.82, 2.24) is 5.32 Å². The number of benzene rings is 2. The van der Waals surface area contributed by atoms with Gasteiger partial charge in [-0.15, -0.1) is 11.3 Å². The highest BCUT2D eigenvalue weighted by atomic mass is 79.9. The van der Waals surface area contributed by atoms with Crippen LogP contribution in [0.15, 0.2) is 75.9 Å². The van der Waals surface area contributed by atoms with Gasteiger partial charge < -0.3 is 5.32 Å². The van der Waals surface area contributed by atoms with Crippen LogP contribution in [0, 0.1) is 0 Å². The Morgan fingerprint density at radius 3 is 2.43 bits per heavy atom. The van der Waals surface area contributed by atoms with E-state index in [1.165, 1.54) is 6.08 Å². The molecular weight excluding hydrogens is 460 g/mol. The Morgan fingerprint density at radius 1 is 1.07 bits per heavy atom. The Bertz CT molecular complexity index is 1080. The third-order valence-electron chi connectivity index (χ3n) is 3.69. The molecule has 0 fully saturated rings. The van der Waals surface area contributed by atoms with E-state index in [-0.39, 0.29) is 5.91 Å². The lowest BCUT2D eigenvalue weighted by atomic mass is 10.2. The minimum Gasteiger partial charge on any atom is -0.347 e. The summed E-state index contributed by atoms with van der Waals surface area (Å²) in [7, 11) is -3.64. The molecule has 0 saturated carbocycles. The van der Waals surface area contributed by atoms with Gasteiger partial charge in [0.05, 0.1) is 12.0 Å². The molecule has 0 unspecified atom stereocenters. The van der Waals surface area contributed by atoms with Crippen LogP contribution in [-0.2, 0) is 16.6 Å². The number of rotatable bonds is 7. The Kier molecular flexibility index (Phi) is 6.66. The molecule has 1 aromatic heterocycles. The number of thiophene rings is 1. The molecule has 8 heteroatoms. The molecule has 2 N–H and O–H groups in total. The monoisotopic (exact) mass is 476 g/mol. The van der Waals surface area contributed by atoms with Gasteiger partial charge in [-0.25, -0.2) is 8.42 Å². The van der Waals surface area contributed by atoms with Gasteiger partial charge in [0.15, 0.2) is 0 Å². The maximum atomic E-state index is 12.2. The Hall–Kier alpha value is -2.42. The standard InChI is InChI=1S/C20H17BrN2O3S2/c21-17-12-19(27-14-17)13-22-20(24)16-6-8-18(9-7-16)23-28(25,26)11-10-15-4-2-1-3-5-15/h1-12,14,23H,13H2,(H,22,24). The Morgan fingerprint density at radius 2 is 1.79 bits per heavy atom. The second-order valence-corrected chi connectivity index (χ2v) is 9.33. The normalized spacial score (nSPS) is 11.5. The van der Waals surface area contributed by atoms with Gasteiger partial charge in [-0.2, -0.15) is 0 Å². The maximum absolute atomic E-state index is 12.2. The molecule has 0 spiro atoms. The van der Waals surface area contributed by atoms with Crippen molar-refractivity contribution >= 4 is 55.0 Å². The lowest BCUT2D eigenvalue weighted by Crippen LogP contribution is -2.22. The summed E-state index contributed by atoms with van der Waals surface area (Å²) in [5.41, 5.74) is 1.63. The zero-order chi connectivity index (χ0) is 20.0. The van der Waals surface area contributed by atoms with Crippen molar-refractivity contribution in [3.8, 4) is 0 Å². The summed E-state index contributed by atoms with van der Waals surface area (Å²) in [5.74, 6) is -0.220. The SMILES string of the molecule is O=C(NCc1cc(Br)cs1)c1ccc(NS(=O)(=O)C=Cc2ccccc2)cc1. The van der Waals surface area contributed by atoms with Gasteiger partial charge in [-0.3, -0.25) is 9.52 Å². The molecule has 28 heavy (non-hydrogen) atoms. The highest BCUT2D eigenvalue weighted by Crippen LogP contribution is 2.19. The van der Waals surface area contributed by atoms with Gasteiger partial charge in [-0.05, 0) is 57.9 Å². The zero-order valence-corrected chi connectivity index (χ0v) is 17.9. The third kappa shape index (κ3) is 6.05. The molecule has 0 atom stereocenters. The Balaban J connectivity index is 1.58. The fourth-order valence-electron chi connectivity index (χ4n) is 2.34. The lowest BCUT2D eigenvalue weighted by Gasteiger charge is -2.07. The third-order valence-corrected chi connectivity index (χ3v) is 6.40. The zero-order valence-electron chi connectivity index (χ0n) is 14.6. The topological polar surface area (TPSA) is 75.3 Å². The van der Waals surface area contributed by atoms with E-state index in [1.54, 1.807) is 35.6 Å². The van der Waals surface area contributed by atoms with Crippen molar-refractivity contribution in [2.24, 2.45) is 0 Å². The summed E-state index contributed by atoms with van der Waals surface area (Å²) in [5, 5.41) is 5.90. The molecule has 1 amide bonds. The summed E-state index contributed by atoms with van der Waals surface area (Å²) in [6, 6.07) is 17.4. The molecule has 3 aromatic rings. The molecule has 0 radical (unpaired) electrons. The number of carbonyl (C=O) groups excluding carboxylic acids is 1. The van der Waals surface area contributed by atoms with E-state index in [4.69, 9.17) is 0 Å². The molecule has 0 aliphatic heterocycles. The van der Waals surface area contributed by atoms with Gasteiger partial charge in [0.1, 0.15) is 0 Å². The fourth-order valence-corrected chi connectivity index (χ4v) is 4.60. The van der Waals surface area contributed by atoms with Crippen LogP contribution in [-0.4, -0.2) is 14.3 Å². The molecule has 0 aliphatic carbocycles. The van der Waals surface area contributed by atoms with Gasteiger partial charge in [0.2, 0.25) is 0 Å². The first-order chi connectivity index (χ1) is 13.4. The number of hydrogen-bond acceptors (Lipinski definition) is 4. The van der Waals surface area contributed by atoms with Crippen molar-refractivity contribution in [1.29, 1.82) is 0 Å². The quantitative estimate of drug-likeness (QED) is 0.511. The first kappa shape index (κ1) is 20.3. The molecule has 0 saturated heterocycles. The Labute approximate surface area is 176 Å². The molecular formula is C20H17BrN2O3S2. The van der Waals surface area contributed by atoms with E-state index < -0.39 is 10.0 Å². The number of hydrogen-bond donors (Lipinski definition) is 2. The number of carbonyl (C=O) groups is 1. The molecule has 3 rings (SSSR count). The fraction of sp³-hybridized carbons (Fsp3) is 0.0500. The maximum Gasteiger partial charge on any atom is 0.255 e. The first-order valence-electron chi connectivity index (χ1n) is 8.28. The summed E-state index contributed by atoms with van der Waals surface area (Å²) in [6.07, 6.45) is 1.52. The van der Waals surface area contributed by atoms with Gasteiger partial charge in [0.25, 0.3) is 15.9 Å². The number of sulfonamides is 1. The van der Waals surface area contributed by atoms with Crippen LogP contribution in [0.3, 0.4) is 0 Å². The summed E-state index contributed by atoms with van der Waals surface area (Å²) < 4.78 is 27.8. The lowest BCUT2D eigenvalue weighted by molar-refractivity contribution is 0.0951. The van der Waals surface area contributed by atoms with Crippen LogP contribution >= 0.6 is 27.3 Å². The largest absolute Gasteiger partial charge is 0.347 e. The number of nitrogens with one attached hydrogen (secondary N) is 2. The van der Waals surface area contributed by atoms with Gasteiger partial charge in [0, 0.05) is 26.0 Å². The van der Waals surface area contributed by atoms with E-state index >= 15 is 0 Å². The molecule has 1 heterocycles. The van der Waals surface area contributed by atoms with Crippen molar-refractivity contribution in [2.75, 3.05) is 4.72 Å². The van der Waals surface area contributed by atoms with Crippen molar-refractivity contribution in [2.45, 2.75) is 6.54 Å². The van der Waals surface area contributed by atoms with E-state index in [1.807, 2.05) is 41.8 Å². The van der Waals surface area contributed by atoms with Crippen LogP contribution in [0.25, 0.3) is 6.08 Å². The molecule has 0 bridgehead atoms. The van der Waals surface area contributed by atoms with Crippen LogP contribution in [0.2, 0.25) is 0 Å². The minimum atomic E-state index is -3.64. The van der Waals surface area contributed by atoms with Gasteiger partial charge >= 0.3 is 0 Å². The van der Waals surface area contributed by atoms with E-state index in [0.717, 1.165) is 20.3 Å². The van der Waals surface area contributed by atoms with E-state index in [9.17, 15) is 13.2 Å². The summed E-state index contributed by atoms with van der Waals surface area (Å²) >= 11 is 4.93. The minimum absolute atomic E-state index is 0.220. The highest BCUT2D eigenvalue weighted by molar-refractivity contribution is 9.10. The molecule has 0 aliphatic rings. The molecule has 2 aromatic carbocycles. The number of amides is 1. The number of halogens is 1. The number of anilines is 1. The highest BCUT2D eigenvalue weighted by Gasteiger charge is 2.09. The first-order valence-corrected chi connectivity index (χ1v) is 11.5. The van der Waals surface area contributed by atoms with Crippen molar-refractivity contribution in [3.05, 3.63) is 91.9 Å². The van der Waals surface area contributed by atoms with Gasteiger partial charge in [-0.1, -0.05) is 30.3 Å². The van der Waals surface area contributed by atoms with Crippen LogP contribution < -0.4 is 10.0 Å². The predicted molar refractivity (Wildman–Crippen MR) is 118 cm³/mol.